The van der Waals surface area contributed by atoms with Gasteiger partial charge in [0.25, 0.3) is 0 Å². The molecule has 1 heterocycles. The molecule has 0 aromatic heterocycles. The highest BCUT2D eigenvalue weighted by Gasteiger charge is 2.49. The summed E-state index contributed by atoms with van der Waals surface area (Å²) in [7, 11) is 0. The minimum absolute atomic E-state index is 0.0155. The Labute approximate surface area is 90.1 Å². The van der Waals surface area contributed by atoms with Crippen molar-refractivity contribution >= 4 is 15.9 Å². The Balaban J connectivity index is 1.94. The lowest BCUT2D eigenvalue weighted by molar-refractivity contribution is -0.216. The maximum Gasteiger partial charge on any atom is 0.248 e. The molecule has 5 heteroatoms. The lowest BCUT2D eigenvalue weighted by atomic mass is 9.91. The topological polar surface area (TPSA) is 18.5 Å². The number of hydrogen-bond acceptors (Lipinski definition) is 2. The molecule has 0 amide bonds. The largest absolute Gasteiger partial charge is 0.347 e. The van der Waals surface area contributed by atoms with Gasteiger partial charge in [0.2, 0.25) is 5.92 Å². The monoisotopic (exact) mass is 270 g/mol. The molecule has 2 rings (SSSR count). The molecule has 1 saturated carbocycles. The van der Waals surface area contributed by atoms with Crippen molar-refractivity contribution in [2.24, 2.45) is 0 Å². The second-order valence-corrected chi connectivity index (χ2v) is 4.62. The molecule has 2 fully saturated rings. The van der Waals surface area contributed by atoms with Gasteiger partial charge in [0, 0.05) is 31.0 Å². The lowest BCUT2D eigenvalue weighted by Crippen LogP contribution is -2.40. The number of rotatable bonds is 1. The van der Waals surface area contributed by atoms with Gasteiger partial charge in [0.05, 0.1) is 12.7 Å². The van der Waals surface area contributed by atoms with Crippen LogP contribution in [0.15, 0.2) is 0 Å². The van der Waals surface area contributed by atoms with E-state index in [2.05, 4.69) is 15.9 Å². The third-order valence-corrected chi connectivity index (χ3v) is 3.55. The molecule has 0 radical (unpaired) electrons. The molecule has 1 saturated heterocycles. The summed E-state index contributed by atoms with van der Waals surface area (Å²) >= 11 is 3.30. The summed E-state index contributed by atoms with van der Waals surface area (Å²) in [5.74, 6) is -3.23. The van der Waals surface area contributed by atoms with Gasteiger partial charge >= 0.3 is 0 Å². The molecule has 14 heavy (non-hydrogen) atoms. The zero-order valence-electron chi connectivity index (χ0n) is 7.77. The summed E-state index contributed by atoms with van der Waals surface area (Å²) in [6.07, 6.45) is 0.388. The number of hydrogen-bond donors (Lipinski definition) is 0. The first-order chi connectivity index (χ1) is 6.55. The molecule has 1 aliphatic carbocycles. The highest BCUT2D eigenvalue weighted by Crippen LogP contribution is 2.44. The first-order valence-electron chi connectivity index (χ1n) is 4.81. The first-order valence-corrected chi connectivity index (χ1v) is 5.93. The molecule has 1 spiro atoms. The normalized spacial score (nSPS) is 34.9. The van der Waals surface area contributed by atoms with Crippen LogP contribution >= 0.6 is 15.9 Å². The summed E-state index contributed by atoms with van der Waals surface area (Å²) in [6.45, 7) is 0.511. The summed E-state index contributed by atoms with van der Waals surface area (Å²) < 4.78 is 36.9. The average Bonchev–Trinajstić information content (AvgIpc) is 2.56. The fourth-order valence-electron chi connectivity index (χ4n) is 1.95. The molecule has 2 nitrogen and oxygen atoms in total. The fraction of sp³-hybridized carbons (Fsp3) is 1.00. The third kappa shape index (κ3) is 2.09. The van der Waals surface area contributed by atoms with Crippen molar-refractivity contribution in [1.82, 2.24) is 0 Å². The van der Waals surface area contributed by atoms with Crippen LogP contribution in [0.2, 0.25) is 0 Å². The van der Waals surface area contributed by atoms with E-state index < -0.39 is 11.7 Å². The van der Waals surface area contributed by atoms with Gasteiger partial charge in [-0.15, -0.1) is 0 Å². The maximum absolute atomic E-state index is 12.9. The van der Waals surface area contributed by atoms with E-state index in [0.717, 1.165) is 0 Å². The van der Waals surface area contributed by atoms with Gasteiger partial charge in [-0.1, -0.05) is 15.9 Å². The molecule has 1 atom stereocenters. The fourth-order valence-corrected chi connectivity index (χ4v) is 2.27. The molecule has 2 aliphatic rings. The Morgan fingerprint density at radius 2 is 1.86 bits per heavy atom. The highest BCUT2D eigenvalue weighted by molar-refractivity contribution is 9.09. The van der Waals surface area contributed by atoms with Crippen LogP contribution in [0.5, 0.6) is 0 Å². The van der Waals surface area contributed by atoms with Crippen molar-refractivity contribution in [3.8, 4) is 0 Å². The van der Waals surface area contributed by atoms with E-state index in [9.17, 15) is 8.78 Å². The Bertz CT molecular complexity index is 213. The molecule has 0 aromatic rings. The van der Waals surface area contributed by atoms with Crippen LogP contribution in [-0.2, 0) is 9.47 Å². The summed E-state index contributed by atoms with van der Waals surface area (Å²) in [5.41, 5.74) is 0. The van der Waals surface area contributed by atoms with Crippen LogP contribution in [0.3, 0.4) is 0 Å². The number of ether oxygens (including phenoxy) is 2. The van der Waals surface area contributed by atoms with Crippen molar-refractivity contribution in [2.75, 3.05) is 11.9 Å². The zero-order chi connectivity index (χ0) is 10.2. The quantitative estimate of drug-likeness (QED) is 0.683. The molecule has 0 bridgehead atoms. The molecular formula is C9H13BrF2O2. The standard InChI is InChI=1S/C9H13BrF2O2/c10-5-7-6-13-9(14-7)3-1-8(11,12)2-4-9/h7H,1-6H2. The van der Waals surface area contributed by atoms with Crippen molar-refractivity contribution in [3.63, 3.8) is 0 Å². The Morgan fingerprint density at radius 3 is 2.36 bits per heavy atom. The van der Waals surface area contributed by atoms with Crippen molar-refractivity contribution < 1.29 is 18.3 Å². The minimum Gasteiger partial charge on any atom is -0.347 e. The molecule has 1 aliphatic heterocycles. The van der Waals surface area contributed by atoms with Gasteiger partial charge in [-0.25, -0.2) is 8.78 Å². The van der Waals surface area contributed by atoms with E-state index in [-0.39, 0.29) is 18.9 Å². The molecule has 1 unspecified atom stereocenters. The predicted octanol–water partition coefficient (Wildman–Crippen LogP) is 2.70. The van der Waals surface area contributed by atoms with Crippen molar-refractivity contribution in [1.29, 1.82) is 0 Å². The van der Waals surface area contributed by atoms with Crippen LogP contribution in [0, 0.1) is 0 Å². The van der Waals surface area contributed by atoms with Crippen LogP contribution in [0.1, 0.15) is 25.7 Å². The van der Waals surface area contributed by atoms with E-state index >= 15 is 0 Å². The van der Waals surface area contributed by atoms with Gasteiger partial charge in [-0.2, -0.15) is 0 Å². The van der Waals surface area contributed by atoms with E-state index in [1.165, 1.54) is 0 Å². The highest BCUT2D eigenvalue weighted by atomic mass is 79.9. The Morgan fingerprint density at radius 1 is 1.21 bits per heavy atom. The smallest absolute Gasteiger partial charge is 0.248 e. The minimum atomic E-state index is -2.52. The van der Waals surface area contributed by atoms with E-state index in [0.29, 0.717) is 24.8 Å². The van der Waals surface area contributed by atoms with Gasteiger partial charge in [-0.05, 0) is 0 Å². The van der Waals surface area contributed by atoms with E-state index in [1.807, 2.05) is 0 Å². The Hall–Kier alpha value is 0.260. The summed E-state index contributed by atoms with van der Waals surface area (Å²) in [6, 6.07) is 0. The third-order valence-electron chi connectivity index (χ3n) is 2.83. The van der Waals surface area contributed by atoms with E-state index in [4.69, 9.17) is 9.47 Å². The summed E-state index contributed by atoms with van der Waals surface area (Å²) in [5, 5.41) is 0.700. The maximum atomic E-state index is 12.9. The van der Waals surface area contributed by atoms with Gasteiger partial charge in [-0.3, -0.25) is 0 Å². The zero-order valence-corrected chi connectivity index (χ0v) is 9.36. The second kappa shape index (κ2) is 3.68. The van der Waals surface area contributed by atoms with Crippen molar-refractivity contribution in [3.05, 3.63) is 0 Å². The van der Waals surface area contributed by atoms with E-state index in [1.54, 1.807) is 0 Å². The van der Waals surface area contributed by atoms with Gasteiger partial charge in [0.15, 0.2) is 5.79 Å². The predicted molar refractivity (Wildman–Crippen MR) is 50.8 cm³/mol. The van der Waals surface area contributed by atoms with Crippen LogP contribution in [0.4, 0.5) is 8.78 Å². The molecule has 0 aromatic carbocycles. The lowest BCUT2D eigenvalue weighted by Gasteiger charge is -2.35. The molecular weight excluding hydrogens is 258 g/mol. The summed E-state index contributed by atoms with van der Waals surface area (Å²) in [4.78, 5) is 0. The number of halogens is 3. The number of alkyl halides is 3. The van der Waals surface area contributed by atoms with Crippen molar-refractivity contribution in [2.45, 2.75) is 43.5 Å². The van der Waals surface area contributed by atoms with Crippen LogP contribution in [-0.4, -0.2) is 29.8 Å². The molecule has 0 N–H and O–H groups in total. The molecule has 82 valence electrons. The van der Waals surface area contributed by atoms with Crippen LogP contribution < -0.4 is 0 Å². The van der Waals surface area contributed by atoms with Gasteiger partial charge < -0.3 is 9.47 Å². The SMILES string of the molecule is FC1(F)CCC2(CC1)OCC(CBr)O2. The second-order valence-electron chi connectivity index (χ2n) is 3.97. The first kappa shape index (κ1) is 10.8. The van der Waals surface area contributed by atoms with Gasteiger partial charge in [0.1, 0.15) is 0 Å². The Kier molecular flexibility index (Phi) is 2.83. The van der Waals surface area contributed by atoms with Crippen LogP contribution in [0.25, 0.3) is 0 Å². The average molecular weight is 271 g/mol.